The molecule has 17 heavy (non-hydrogen) atoms. The molecular weight excluding hydrogens is 244 g/mol. The molecule has 0 aliphatic heterocycles. The van der Waals surface area contributed by atoms with Crippen LogP contribution in [0.3, 0.4) is 0 Å². The number of aryl methyl sites for hydroxylation is 1. The number of aliphatic hydroxyl groups excluding tert-OH is 1. The maximum Gasteiger partial charge on any atom is 0.371 e. The second-order valence-electron chi connectivity index (χ2n) is 3.39. The van der Waals surface area contributed by atoms with Crippen molar-refractivity contribution in [2.24, 2.45) is 0 Å². The molecule has 0 saturated heterocycles. The lowest BCUT2D eigenvalue weighted by atomic mass is 10.1. The summed E-state index contributed by atoms with van der Waals surface area (Å²) in [6, 6.07) is 7.09. The van der Waals surface area contributed by atoms with Crippen molar-refractivity contribution in [2.75, 3.05) is 0 Å². The van der Waals surface area contributed by atoms with Crippen molar-refractivity contribution in [3.8, 4) is 0 Å². The molecule has 0 unspecified atom stereocenters. The Labute approximate surface area is 103 Å². The fourth-order valence-electron chi connectivity index (χ4n) is 1.25. The molecule has 1 aromatic rings. The maximum atomic E-state index is 11.3. The van der Waals surface area contributed by atoms with Crippen molar-refractivity contribution in [1.29, 1.82) is 0 Å². The van der Waals surface area contributed by atoms with Gasteiger partial charge in [-0.1, -0.05) is 29.8 Å². The number of hydrogen-bond donors (Lipinski definition) is 2. The van der Waals surface area contributed by atoms with Crippen LogP contribution >= 0.6 is 11.6 Å². The number of rotatable bonds is 5. The van der Waals surface area contributed by atoms with Gasteiger partial charge in [-0.3, -0.25) is 4.79 Å². The summed E-state index contributed by atoms with van der Waals surface area (Å²) >= 11 is 5.89. The Morgan fingerprint density at radius 3 is 2.47 bits per heavy atom. The summed E-state index contributed by atoms with van der Waals surface area (Å²) in [6.45, 7) is 0. The van der Waals surface area contributed by atoms with Crippen LogP contribution in [0.25, 0.3) is 0 Å². The van der Waals surface area contributed by atoms with Gasteiger partial charge in [-0.15, -0.1) is 0 Å². The molecule has 0 aromatic heterocycles. The van der Waals surface area contributed by atoms with E-state index in [1.807, 2.05) is 0 Å². The number of benzene rings is 1. The molecule has 0 amide bonds. The SMILES string of the molecule is O=C(/C=C(\O)C(=O)O)CCc1ccccc1Cl. The van der Waals surface area contributed by atoms with Gasteiger partial charge in [0.15, 0.2) is 5.78 Å². The van der Waals surface area contributed by atoms with Crippen LogP contribution in [0.4, 0.5) is 0 Å². The van der Waals surface area contributed by atoms with Gasteiger partial charge in [0.2, 0.25) is 5.76 Å². The first-order chi connectivity index (χ1) is 8.00. The average Bonchev–Trinajstić information content (AvgIpc) is 2.27. The molecule has 0 radical (unpaired) electrons. The number of allylic oxidation sites excluding steroid dienone is 1. The molecule has 0 heterocycles. The first-order valence-corrected chi connectivity index (χ1v) is 5.28. The number of ketones is 1. The van der Waals surface area contributed by atoms with Crippen molar-refractivity contribution < 1.29 is 19.8 Å². The van der Waals surface area contributed by atoms with E-state index in [2.05, 4.69) is 0 Å². The first-order valence-electron chi connectivity index (χ1n) is 4.91. The number of carbonyl (C=O) groups excluding carboxylic acids is 1. The molecule has 0 atom stereocenters. The number of halogens is 1. The molecule has 90 valence electrons. The summed E-state index contributed by atoms with van der Waals surface area (Å²) in [5.74, 6) is -2.92. The minimum absolute atomic E-state index is 0.0983. The van der Waals surface area contributed by atoms with Gasteiger partial charge in [0, 0.05) is 17.5 Å². The quantitative estimate of drug-likeness (QED) is 0.625. The van der Waals surface area contributed by atoms with E-state index >= 15 is 0 Å². The number of carbonyl (C=O) groups is 2. The molecule has 2 N–H and O–H groups in total. The van der Waals surface area contributed by atoms with E-state index in [-0.39, 0.29) is 6.42 Å². The van der Waals surface area contributed by atoms with Gasteiger partial charge in [0.25, 0.3) is 0 Å². The highest BCUT2D eigenvalue weighted by molar-refractivity contribution is 6.31. The lowest BCUT2D eigenvalue weighted by molar-refractivity contribution is -0.135. The number of hydrogen-bond acceptors (Lipinski definition) is 3. The fourth-order valence-corrected chi connectivity index (χ4v) is 1.48. The average molecular weight is 255 g/mol. The van der Waals surface area contributed by atoms with E-state index in [0.29, 0.717) is 17.5 Å². The van der Waals surface area contributed by atoms with Gasteiger partial charge in [-0.05, 0) is 18.1 Å². The Morgan fingerprint density at radius 2 is 1.88 bits per heavy atom. The molecular formula is C12H11ClO4. The minimum atomic E-state index is -1.52. The molecule has 1 aromatic carbocycles. The molecule has 5 heteroatoms. The van der Waals surface area contributed by atoms with E-state index in [1.165, 1.54) is 0 Å². The second-order valence-corrected chi connectivity index (χ2v) is 3.80. The highest BCUT2D eigenvalue weighted by Crippen LogP contribution is 2.16. The van der Waals surface area contributed by atoms with Gasteiger partial charge in [0.1, 0.15) is 0 Å². The van der Waals surface area contributed by atoms with Gasteiger partial charge in [0.05, 0.1) is 0 Å². The Balaban J connectivity index is 2.58. The van der Waals surface area contributed by atoms with Gasteiger partial charge < -0.3 is 10.2 Å². The van der Waals surface area contributed by atoms with Gasteiger partial charge in [-0.25, -0.2) is 4.79 Å². The third-order valence-corrected chi connectivity index (χ3v) is 2.48. The van der Waals surface area contributed by atoms with Crippen molar-refractivity contribution in [2.45, 2.75) is 12.8 Å². The molecule has 0 spiro atoms. The highest BCUT2D eigenvalue weighted by atomic mass is 35.5. The number of carboxylic acids is 1. The topological polar surface area (TPSA) is 74.6 Å². The van der Waals surface area contributed by atoms with Crippen molar-refractivity contribution in [3.63, 3.8) is 0 Å². The summed E-state index contributed by atoms with van der Waals surface area (Å²) in [6.07, 6.45) is 1.21. The Bertz CT molecular complexity index is 465. The first kappa shape index (κ1) is 13.3. The van der Waals surface area contributed by atoms with Crippen LogP contribution in [-0.2, 0) is 16.0 Å². The minimum Gasteiger partial charge on any atom is -0.502 e. The van der Waals surface area contributed by atoms with Crippen LogP contribution in [0.15, 0.2) is 36.1 Å². The summed E-state index contributed by atoms with van der Waals surface area (Å²) in [5.41, 5.74) is 0.811. The normalized spacial score (nSPS) is 11.2. The zero-order valence-corrected chi connectivity index (χ0v) is 9.65. The van der Waals surface area contributed by atoms with Crippen molar-refractivity contribution in [3.05, 3.63) is 46.7 Å². The zero-order chi connectivity index (χ0) is 12.8. The van der Waals surface area contributed by atoms with E-state index in [0.717, 1.165) is 5.56 Å². The van der Waals surface area contributed by atoms with E-state index in [4.69, 9.17) is 21.8 Å². The zero-order valence-electron chi connectivity index (χ0n) is 8.89. The second kappa shape index (κ2) is 6.06. The monoisotopic (exact) mass is 254 g/mol. The van der Waals surface area contributed by atoms with E-state index < -0.39 is 17.5 Å². The maximum absolute atomic E-state index is 11.3. The lowest BCUT2D eigenvalue weighted by Gasteiger charge is -2.01. The molecule has 0 fully saturated rings. The third-order valence-electron chi connectivity index (χ3n) is 2.12. The van der Waals surface area contributed by atoms with Crippen LogP contribution in [0.1, 0.15) is 12.0 Å². The smallest absolute Gasteiger partial charge is 0.371 e. The molecule has 0 saturated carbocycles. The Morgan fingerprint density at radius 1 is 1.24 bits per heavy atom. The highest BCUT2D eigenvalue weighted by Gasteiger charge is 2.08. The van der Waals surface area contributed by atoms with Crippen LogP contribution in [0.5, 0.6) is 0 Å². The van der Waals surface area contributed by atoms with Crippen LogP contribution in [0, 0.1) is 0 Å². The summed E-state index contributed by atoms with van der Waals surface area (Å²) < 4.78 is 0. The summed E-state index contributed by atoms with van der Waals surface area (Å²) in [7, 11) is 0. The lowest BCUT2D eigenvalue weighted by Crippen LogP contribution is -2.04. The molecule has 0 bridgehead atoms. The predicted octanol–water partition coefficient (Wildman–Crippen LogP) is 2.37. The number of carboxylic acid groups (broad SMARTS) is 1. The molecule has 1 rings (SSSR count). The third kappa shape index (κ3) is 4.28. The van der Waals surface area contributed by atoms with Crippen LogP contribution in [-0.4, -0.2) is 22.0 Å². The molecule has 0 aliphatic carbocycles. The Kier molecular flexibility index (Phi) is 4.72. The molecule has 4 nitrogen and oxygen atoms in total. The summed E-state index contributed by atoms with van der Waals surface area (Å²) in [5, 5.41) is 17.8. The van der Waals surface area contributed by atoms with Gasteiger partial charge in [-0.2, -0.15) is 0 Å². The predicted molar refractivity (Wildman–Crippen MR) is 63.1 cm³/mol. The Hall–Kier alpha value is -1.81. The van der Waals surface area contributed by atoms with Crippen molar-refractivity contribution in [1.82, 2.24) is 0 Å². The van der Waals surface area contributed by atoms with Crippen LogP contribution < -0.4 is 0 Å². The van der Waals surface area contributed by atoms with Gasteiger partial charge >= 0.3 is 5.97 Å². The van der Waals surface area contributed by atoms with Crippen molar-refractivity contribution >= 4 is 23.4 Å². The standard InChI is InChI=1S/C12H11ClO4/c13-10-4-2-1-3-8(10)5-6-9(14)7-11(15)12(16)17/h1-4,7,15H,5-6H2,(H,16,17)/b11-7-. The largest absolute Gasteiger partial charge is 0.502 e. The van der Waals surface area contributed by atoms with E-state index in [9.17, 15) is 9.59 Å². The fraction of sp³-hybridized carbons (Fsp3) is 0.167. The number of aliphatic carboxylic acids is 1. The summed E-state index contributed by atoms with van der Waals surface area (Å²) in [4.78, 5) is 21.6. The van der Waals surface area contributed by atoms with E-state index in [1.54, 1.807) is 24.3 Å². The van der Waals surface area contributed by atoms with Crippen LogP contribution in [0.2, 0.25) is 5.02 Å². The molecule has 0 aliphatic rings. The number of aliphatic hydroxyl groups is 1.